The molecule has 5 rings (SSSR count). The molecule has 2 saturated heterocycles. The SMILES string of the molecule is COc1cc(C(O)CN2CC3CN(CC(O)c4ccc5c(c4C)COC5=O)C3C2)ncc1C#N. The van der Waals surface area contributed by atoms with Gasteiger partial charge in [0.2, 0.25) is 0 Å². The number of aromatic nitrogens is 1. The second kappa shape index (κ2) is 8.96. The van der Waals surface area contributed by atoms with E-state index in [1.54, 1.807) is 12.1 Å². The summed E-state index contributed by atoms with van der Waals surface area (Å²) in [5.41, 5.74) is 4.05. The van der Waals surface area contributed by atoms with Gasteiger partial charge in [0.1, 0.15) is 30.1 Å². The number of nitrogens with zero attached hydrogens (tertiary/aromatic N) is 4. The Balaban J connectivity index is 1.18. The van der Waals surface area contributed by atoms with Crippen molar-refractivity contribution in [3.05, 3.63) is 57.9 Å². The van der Waals surface area contributed by atoms with E-state index in [2.05, 4.69) is 14.8 Å². The van der Waals surface area contributed by atoms with E-state index < -0.39 is 12.2 Å². The van der Waals surface area contributed by atoms with E-state index in [1.807, 2.05) is 19.1 Å². The van der Waals surface area contributed by atoms with E-state index in [0.717, 1.165) is 36.3 Å². The number of fused-ring (bicyclic) bond motifs is 2. The fraction of sp³-hybridized carbons (Fsp3) is 0.480. The summed E-state index contributed by atoms with van der Waals surface area (Å²) in [6.07, 6.45) is 0.00560. The van der Waals surface area contributed by atoms with E-state index in [9.17, 15) is 15.0 Å². The summed E-state index contributed by atoms with van der Waals surface area (Å²) < 4.78 is 10.4. The van der Waals surface area contributed by atoms with Gasteiger partial charge in [-0.15, -0.1) is 0 Å². The largest absolute Gasteiger partial charge is 0.495 e. The van der Waals surface area contributed by atoms with Crippen LogP contribution in [0.4, 0.5) is 0 Å². The Labute approximate surface area is 198 Å². The van der Waals surface area contributed by atoms with Crippen molar-refractivity contribution < 1.29 is 24.5 Å². The second-order valence-corrected chi connectivity index (χ2v) is 9.33. The number of methoxy groups -OCH3 is 1. The maximum atomic E-state index is 11.8. The first-order valence-corrected chi connectivity index (χ1v) is 11.5. The molecule has 0 saturated carbocycles. The molecule has 3 aliphatic heterocycles. The van der Waals surface area contributed by atoms with E-state index in [4.69, 9.17) is 14.7 Å². The van der Waals surface area contributed by atoms with Crippen LogP contribution in [-0.2, 0) is 11.3 Å². The first-order valence-electron chi connectivity index (χ1n) is 11.5. The summed E-state index contributed by atoms with van der Waals surface area (Å²) >= 11 is 0. The number of nitriles is 1. The lowest BCUT2D eigenvalue weighted by Gasteiger charge is -2.44. The molecule has 0 bridgehead atoms. The molecular formula is C25H28N4O5. The van der Waals surface area contributed by atoms with Crippen LogP contribution in [0.1, 0.15) is 50.5 Å². The number of pyridine rings is 1. The predicted molar refractivity (Wildman–Crippen MR) is 121 cm³/mol. The van der Waals surface area contributed by atoms with Gasteiger partial charge in [0.05, 0.1) is 24.5 Å². The quantitative estimate of drug-likeness (QED) is 0.585. The fourth-order valence-corrected chi connectivity index (χ4v) is 5.47. The lowest BCUT2D eigenvalue weighted by atomic mass is 9.90. The third kappa shape index (κ3) is 3.93. The van der Waals surface area contributed by atoms with Crippen LogP contribution in [-0.4, -0.2) is 76.8 Å². The Morgan fingerprint density at radius 2 is 2.09 bits per heavy atom. The minimum atomic E-state index is -0.780. The number of esters is 1. The first-order chi connectivity index (χ1) is 16.4. The van der Waals surface area contributed by atoms with Gasteiger partial charge in [-0.05, 0) is 24.1 Å². The van der Waals surface area contributed by atoms with Crippen molar-refractivity contribution in [2.45, 2.75) is 31.8 Å². The molecule has 2 N–H and O–H groups in total. The number of aliphatic hydroxyl groups is 2. The van der Waals surface area contributed by atoms with Crippen molar-refractivity contribution in [1.82, 2.24) is 14.8 Å². The number of ether oxygens (including phenoxy) is 2. The van der Waals surface area contributed by atoms with Crippen molar-refractivity contribution >= 4 is 5.97 Å². The van der Waals surface area contributed by atoms with Gasteiger partial charge >= 0.3 is 5.97 Å². The van der Waals surface area contributed by atoms with E-state index in [0.29, 0.717) is 47.6 Å². The van der Waals surface area contributed by atoms with Gasteiger partial charge in [-0.25, -0.2) is 4.79 Å². The number of likely N-dealkylation sites (tertiary alicyclic amines) is 2. The van der Waals surface area contributed by atoms with E-state index in [1.165, 1.54) is 13.3 Å². The molecule has 4 unspecified atom stereocenters. The molecule has 9 heteroatoms. The smallest absolute Gasteiger partial charge is 0.338 e. The van der Waals surface area contributed by atoms with Crippen molar-refractivity contribution in [2.75, 3.05) is 39.8 Å². The lowest BCUT2D eigenvalue weighted by Crippen LogP contribution is -2.56. The van der Waals surface area contributed by atoms with Crippen molar-refractivity contribution in [3.63, 3.8) is 0 Å². The zero-order chi connectivity index (χ0) is 24.0. The van der Waals surface area contributed by atoms with Crippen molar-refractivity contribution in [2.24, 2.45) is 5.92 Å². The second-order valence-electron chi connectivity index (χ2n) is 9.33. The van der Waals surface area contributed by atoms with Crippen LogP contribution in [0.3, 0.4) is 0 Å². The molecule has 4 atom stereocenters. The van der Waals surface area contributed by atoms with Gasteiger partial charge in [-0.3, -0.25) is 14.8 Å². The zero-order valence-corrected chi connectivity index (χ0v) is 19.3. The number of cyclic esters (lactones) is 1. The molecule has 1 aromatic heterocycles. The molecule has 0 spiro atoms. The highest BCUT2D eigenvalue weighted by atomic mass is 16.5. The molecule has 2 fully saturated rings. The Kier molecular flexibility index (Phi) is 6.00. The number of rotatable bonds is 7. The van der Waals surface area contributed by atoms with Gasteiger partial charge in [0.25, 0.3) is 0 Å². The summed E-state index contributed by atoms with van der Waals surface area (Å²) in [4.78, 5) is 20.5. The molecule has 178 valence electrons. The van der Waals surface area contributed by atoms with Crippen molar-refractivity contribution in [3.8, 4) is 11.8 Å². The van der Waals surface area contributed by atoms with Crippen LogP contribution >= 0.6 is 0 Å². The van der Waals surface area contributed by atoms with Gasteiger partial charge < -0.3 is 19.7 Å². The highest BCUT2D eigenvalue weighted by Crippen LogP contribution is 2.36. The Bertz CT molecular complexity index is 1160. The fourth-order valence-electron chi connectivity index (χ4n) is 5.47. The Morgan fingerprint density at radius 1 is 1.26 bits per heavy atom. The summed E-state index contributed by atoms with van der Waals surface area (Å²) in [6, 6.07) is 7.57. The number of hydrogen-bond acceptors (Lipinski definition) is 9. The van der Waals surface area contributed by atoms with Crippen LogP contribution in [0.2, 0.25) is 0 Å². The standard InChI is InChI=1S/C25H28N4O5/c1-14-17(3-4-18-19(14)13-34-25(18)32)22(30)12-29-9-16-8-28(10-21(16)29)11-23(31)20-5-24(33-2)15(6-26)7-27-20/h3-5,7,16,21-23,30-31H,8-13H2,1-2H3. The molecule has 0 radical (unpaired) electrons. The predicted octanol–water partition coefficient (Wildman–Crippen LogP) is 1.32. The van der Waals surface area contributed by atoms with Crippen LogP contribution in [0, 0.1) is 24.2 Å². The van der Waals surface area contributed by atoms with Gasteiger partial charge in [-0.1, -0.05) is 6.07 Å². The molecule has 0 aliphatic carbocycles. The number of carbonyl (C=O) groups is 1. The number of β-amino-alcohol motifs (C(OH)–C–C–N with tert-alkyl or cyclic N) is 2. The summed E-state index contributed by atoms with van der Waals surface area (Å²) in [6.45, 7) is 5.79. The van der Waals surface area contributed by atoms with Gasteiger partial charge in [0.15, 0.2) is 0 Å². The molecular weight excluding hydrogens is 436 g/mol. The molecule has 34 heavy (non-hydrogen) atoms. The van der Waals surface area contributed by atoms with Gasteiger partial charge in [-0.2, -0.15) is 5.26 Å². The molecule has 3 aliphatic rings. The number of carbonyl (C=O) groups excluding carboxylic acids is 1. The number of hydrogen-bond donors (Lipinski definition) is 2. The highest BCUT2D eigenvalue weighted by Gasteiger charge is 2.46. The summed E-state index contributed by atoms with van der Waals surface area (Å²) in [5.74, 6) is 0.619. The number of aliphatic hydroxyl groups excluding tert-OH is 2. The van der Waals surface area contributed by atoms with Crippen LogP contribution in [0.25, 0.3) is 0 Å². The average molecular weight is 465 g/mol. The minimum absolute atomic E-state index is 0.270. The van der Waals surface area contributed by atoms with E-state index in [-0.39, 0.29) is 12.6 Å². The molecule has 1 aromatic carbocycles. The molecule has 9 nitrogen and oxygen atoms in total. The first kappa shape index (κ1) is 22.7. The lowest BCUT2D eigenvalue weighted by molar-refractivity contribution is 0.00529. The molecule has 4 heterocycles. The van der Waals surface area contributed by atoms with Crippen molar-refractivity contribution in [1.29, 1.82) is 5.26 Å². The maximum Gasteiger partial charge on any atom is 0.338 e. The Hall–Kier alpha value is -3.03. The summed E-state index contributed by atoms with van der Waals surface area (Å²) in [5, 5.41) is 30.8. The third-order valence-corrected chi connectivity index (χ3v) is 7.39. The summed E-state index contributed by atoms with van der Waals surface area (Å²) in [7, 11) is 1.49. The van der Waals surface area contributed by atoms with Crippen LogP contribution in [0.15, 0.2) is 24.4 Å². The Morgan fingerprint density at radius 3 is 2.85 bits per heavy atom. The van der Waals surface area contributed by atoms with Crippen LogP contribution < -0.4 is 4.74 Å². The monoisotopic (exact) mass is 464 g/mol. The van der Waals surface area contributed by atoms with Gasteiger partial charge in [0, 0.05) is 62.5 Å². The average Bonchev–Trinajstić information content (AvgIpc) is 3.37. The topological polar surface area (TPSA) is 119 Å². The minimum Gasteiger partial charge on any atom is -0.495 e. The third-order valence-electron chi connectivity index (χ3n) is 7.39. The highest BCUT2D eigenvalue weighted by molar-refractivity contribution is 5.93. The molecule has 2 aromatic rings. The van der Waals surface area contributed by atoms with E-state index >= 15 is 0 Å². The molecule has 0 amide bonds. The normalized spacial score (nSPS) is 23.4. The number of benzene rings is 1. The maximum absolute atomic E-state index is 11.8. The van der Waals surface area contributed by atoms with Crippen LogP contribution in [0.5, 0.6) is 5.75 Å². The zero-order valence-electron chi connectivity index (χ0n) is 19.3.